The van der Waals surface area contributed by atoms with Crippen molar-refractivity contribution in [3.8, 4) is 0 Å². The van der Waals surface area contributed by atoms with E-state index >= 15 is 0 Å². The lowest BCUT2D eigenvalue weighted by Gasteiger charge is -2.05. The standard InChI is InChI=1S/C19H19N.4C2H6/c1-4-7-16(5-2)19-14-18(12-13-20-19)17-9-6-8-15(3)10-11-17;4*1-2/h4-7,9-14H,1-2,8H2,3H3;4*1-2H3/b16-7+;;;;. The van der Waals surface area contributed by atoms with Gasteiger partial charge in [-0.2, -0.15) is 0 Å². The van der Waals surface area contributed by atoms with Gasteiger partial charge in [0.1, 0.15) is 0 Å². The Bertz CT molecular complexity index is 640. The fourth-order valence-corrected chi connectivity index (χ4v) is 2.07. The molecule has 1 heterocycles. The third kappa shape index (κ3) is 12.1. The first kappa shape index (κ1) is 30.3. The van der Waals surface area contributed by atoms with Gasteiger partial charge in [0.05, 0.1) is 5.69 Å². The van der Waals surface area contributed by atoms with Crippen molar-refractivity contribution in [3.63, 3.8) is 0 Å². The van der Waals surface area contributed by atoms with Gasteiger partial charge in [0.2, 0.25) is 0 Å². The second-order valence-corrected chi connectivity index (χ2v) is 4.73. The number of allylic oxidation sites excluding steroid dienone is 10. The first-order valence-electron chi connectivity index (χ1n) is 10.7. The van der Waals surface area contributed by atoms with Crippen LogP contribution < -0.4 is 0 Å². The summed E-state index contributed by atoms with van der Waals surface area (Å²) in [5, 5.41) is 0. The molecular formula is C27H43N. The van der Waals surface area contributed by atoms with E-state index in [0.29, 0.717) is 0 Å². The molecule has 0 amide bonds. The molecule has 0 fully saturated rings. The fraction of sp³-hybridized carbons (Fsp3) is 0.370. The highest BCUT2D eigenvalue weighted by Crippen LogP contribution is 2.23. The van der Waals surface area contributed by atoms with Crippen LogP contribution in [-0.2, 0) is 0 Å². The molecular weight excluding hydrogens is 338 g/mol. The molecule has 1 aromatic heterocycles. The van der Waals surface area contributed by atoms with Crippen molar-refractivity contribution in [2.45, 2.75) is 68.7 Å². The molecule has 0 radical (unpaired) electrons. The van der Waals surface area contributed by atoms with E-state index in [9.17, 15) is 0 Å². The summed E-state index contributed by atoms with van der Waals surface area (Å²) in [6, 6.07) is 4.12. The average Bonchev–Trinajstić information content (AvgIpc) is 3.02. The Labute approximate surface area is 176 Å². The van der Waals surface area contributed by atoms with E-state index in [1.165, 1.54) is 11.1 Å². The summed E-state index contributed by atoms with van der Waals surface area (Å²) in [4.78, 5) is 4.41. The average molecular weight is 382 g/mol. The largest absolute Gasteiger partial charge is 0.256 e. The number of nitrogens with zero attached hydrogens (tertiary/aromatic N) is 1. The first-order chi connectivity index (χ1) is 13.7. The molecule has 0 unspecified atom stereocenters. The van der Waals surface area contributed by atoms with Gasteiger partial charge in [-0.15, -0.1) is 0 Å². The third-order valence-electron chi connectivity index (χ3n) is 3.19. The third-order valence-corrected chi connectivity index (χ3v) is 3.19. The fourth-order valence-electron chi connectivity index (χ4n) is 2.07. The molecule has 2 rings (SSSR count). The van der Waals surface area contributed by atoms with E-state index < -0.39 is 0 Å². The van der Waals surface area contributed by atoms with E-state index in [2.05, 4.69) is 55.4 Å². The van der Waals surface area contributed by atoms with Gasteiger partial charge in [-0.05, 0) is 42.2 Å². The molecule has 0 N–H and O–H groups in total. The second kappa shape index (κ2) is 22.6. The van der Waals surface area contributed by atoms with Crippen LogP contribution in [0.3, 0.4) is 0 Å². The summed E-state index contributed by atoms with van der Waals surface area (Å²) in [7, 11) is 0. The Morgan fingerprint density at radius 2 is 1.57 bits per heavy atom. The zero-order valence-corrected chi connectivity index (χ0v) is 19.8. The minimum absolute atomic E-state index is 0.914. The molecule has 156 valence electrons. The molecule has 1 nitrogen and oxygen atoms in total. The van der Waals surface area contributed by atoms with Crippen molar-refractivity contribution in [2.24, 2.45) is 0 Å². The van der Waals surface area contributed by atoms with Gasteiger partial charge >= 0.3 is 0 Å². The van der Waals surface area contributed by atoms with Gasteiger partial charge in [0.25, 0.3) is 0 Å². The minimum atomic E-state index is 0.914. The predicted octanol–water partition coefficient (Wildman–Crippen LogP) is 9.23. The SMILES string of the molecule is C=C/C=C(\C=C)c1cc(C2=CC=C(C)CC=C2)ccn1.CC.CC.CC.CC. The molecule has 1 aliphatic rings. The Balaban J connectivity index is -0.000000695. The molecule has 1 aliphatic carbocycles. The van der Waals surface area contributed by atoms with Crippen LogP contribution in [0, 0.1) is 0 Å². The molecule has 0 atom stereocenters. The molecule has 0 saturated carbocycles. The lowest BCUT2D eigenvalue weighted by molar-refractivity contribution is 1.22. The molecule has 0 aromatic carbocycles. The molecule has 0 saturated heterocycles. The number of rotatable bonds is 4. The topological polar surface area (TPSA) is 12.9 Å². The summed E-state index contributed by atoms with van der Waals surface area (Å²) < 4.78 is 0. The van der Waals surface area contributed by atoms with Gasteiger partial charge in [0, 0.05) is 6.20 Å². The number of hydrogen-bond acceptors (Lipinski definition) is 1. The lowest BCUT2D eigenvalue weighted by atomic mass is 10.0. The van der Waals surface area contributed by atoms with Gasteiger partial charge in [-0.3, -0.25) is 4.98 Å². The van der Waals surface area contributed by atoms with E-state index in [1.54, 1.807) is 12.2 Å². The number of aromatic nitrogens is 1. The Hall–Kier alpha value is -2.41. The van der Waals surface area contributed by atoms with Gasteiger partial charge in [0.15, 0.2) is 0 Å². The Kier molecular flexibility index (Phi) is 24.5. The molecule has 0 bridgehead atoms. The summed E-state index contributed by atoms with van der Waals surface area (Å²) in [5.74, 6) is 0. The zero-order chi connectivity index (χ0) is 22.4. The van der Waals surface area contributed by atoms with Crippen molar-refractivity contribution in [2.75, 3.05) is 0 Å². The van der Waals surface area contributed by atoms with Crippen LogP contribution in [0.5, 0.6) is 0 Å². The maximum atomic E-state index is 4.41. The summed E-state index contributed by atoms with van der Waals surface area (Å²) in [6.07, 6.45) is 17.0. The Morgan fingerprint density at radius 1 is 0.964 bits per heavy atom. The second-order valence-electron chi connectivity index (χ2n) is 4.73. The normalized spacial score (nSPS) is 11.7. The van der Waals surface area contributed by atoms with E-state index in [1.807, 2.05) is 73.7 Å². The van der Waals surface area contributed by atoms with Gasteiger partial charge in [-0.25, -0.2) is 0 Å². The quantitative estimate of drug-likeness (QED) is 0.473. The van der Waals surface area contributed by atoms with Crippen molar-refractivity contribution in [1.82, 2.24) is 4.98 Å². The van der Waals surface area contributed by atoms with Gasteiger partial charge in [-0.1, -0.05) is 117 Å². The zero-order valence-electron chi connectivity index (χ0n) is 19.8. The van der Waals surface area contributed by atoms with Crippen LogP contribution in [0.1, 0.15) is 80.0 Å². The van der Waals surface area contributed by atoms with E-state index in [-0.39, 0.29) is 0 Å². The predicted molar refractivity (Wildman–Crippen MR) is 133 cm³/mol. The molecule has 1 heteroatoms. The van der Waals surface area contributed by atoms with Crippen molar-refractivity contribution in [3.05, 3.63) is 90.9 Å². The van der Waals surface area contributed by atoms with Crippen LogP contribution in [0.2, 0.25) is 0 Å². The van der Waals surface area contributed by atoms with E-state index in [4.69, 9.17) is 0 Å². The summed E-state index contributed by atoms with van der Waals surface area (Å²) >= 11 is 0. The Morgan fingerprint density at radius 3 is 2.11 bits per heavy atom. The van der Waals surface area contributed by atoms with E-state index in [0.717, 1.165) is 23.3 Å². The number of pyridine rings is 1. The maximum absolute atomic E-state index is 4.41. The van der Waals surface area contributed by atoms with Crippen LogP contribution >= 0.6 is 0 Å². The summed E-state index contributed by atoms with van der Waals surface area (Å²) in [5.41, 5.74) is 5.62. The minimum Gasteiger partial charge on any atom is -0.256 e. The van der Waals surface area contributed by atoms with Gasteiger partial charge < -0.3 is 0 Å². The monoisotopic (exact) mass is 381 g/mol. The lowest BCUT2D eigenvalue weighted by Crippen LogP contribution is -1.90. The smallest absolute Gasteiger partial charge is 0.0707 e. The van der Waals surface area contributed by atoms with Crippen molar-refractivity contribution in [1.29, 1.82) is 0 Å². The molecule has 0 spiro atoms. The molecule has 28 heavy (non-hydrogen) atoms. The number of hydrogen-bond donors (Lipinski definition) is 0. The highest BCUT2D eigenvalue weighted by molar-refractivity contribution is 5.79. The van der Waals surface area contributed by atoms with Crippen LogP contribution in [0.15, 0.2) is 79.6 Å². The van der Waals surface area contributed by atoms with Crippen LogP contribution in [0.4, 0.5) is 0 Å². The van der Waals surface area contributed by atoms with Crippen LogP contribution in [0.25, 0.3) is 11.1 Å². The maximum Gasteiger partial charge on any atom is 0.0707 e. The highest BCUT2D eigenvalue weighted by atomic mass is 14.7. The highest BCUT2D eigenvalue weighted by Gasteiger charge is 2.04. The van der Waals surface area contributed by atoms with Crippen molar-refractivity contribution >= 4 is 11.1 Å². The molecule has 1 aromatic rings. The first-order valence-corrected chi connectivity index (χ1v) is 10.7. The van der Waals surface area contributed by atoms with Crippen molar-refractivity contribution < 1.29 is 0 Å². The summed E-state index contributed by atoms with van der Waals surface area (Å²) in [6.45, 7) is 25.7. The molecule has 0 aliphatic heterocycles. The van der Waals surface area contributed by atoms with Crippen LogP contribution in [-0.4, -0.2) is 4.98 Å².